The second-order valence-electron chi connectivity index (χ2n) is 6.60. The predicted molar refractivity (Wildman–Crippen MR) is 108 cm³/mol. The summed E-state index contributed by atoms with van der Waals surface area (Å²) >= 11 is 0. The largest absolute Gasteiger partial charge is 0.373 e. The summed E-state index contributed by atoms with van der Waals surface area (Å²) in [5.74, 6) is -0.164. The van der Waals surface area contributed by atoms with Gasteiger partial charge in [-0.15, -0.1) is 0 Å². The molecule has 2 aromatic heterocycles. The van der Waals surface area contributed by atoms with Crippen molar-refractivity contribution in [2.45, 2.75) is 19.9 Å². The summed E-state index contributed by atoms with van der Waals surface area (Å²) in [6, 6.07) is 15.8. The lowest BCUT2D eigenvalue weighted by Gasteiger charge is -2.19. The third kappa shape index (κ3) is 5.38. The molecule has 0 aliphatic rings. The van der Waals surface area contributed by atoms with E-state index >= 15 is 0 Å². The summed E-state index contributed by atoms with van der Waals surface area (Å²) in [4.78, 5) is 22.8. The van der Waals surface area contributed by atoms with Crippen LogP contribution >= 0.6 is 0 Å². The number of hydrogen-bond acceptors (Lipinski definition) is 4. The van der Waals surface area contributed by atoms with Gasteiger partial charge in [-0.3, -0.25) is 9.78 Å². The first-order valence-electron chi connectivity index (χ1n) is 9.01. The van der Waals surface area contributed by atoms with Crippen LogP contribution in [-0.2, 0) is 13.0 Å². The number of nitrogens with one attached hydrogen (secondary N) is 1. The fraction of sp³-hybridized carbons (Fsp3) is 0.227. The van der Waals surface area contributed by atoms with Crippen LogP contribution in [0.2, 0.25) is 0 Å². The van der Waals surface area contributed by atoms with E-state index in [4.69, 9.17) is 0 Å². The van der Waals surface area contributed by atoms with Crippen molar-refractivity contribution in [2.24, 2.45) is 0 Å². The molecule has 138 valence electrons. The minimum absolute atomic E-state index is 0.164. The number of carbonyl (C=O) groups is 1. The van der Waals surface area contributed by atoms with E-state index in [1.807, 2.05) is 50.4 Å². The molecule has 0 saturated heterocycles. The summed E-state index contributed by atoms with van der Waals surface area (Å²) in [5, 5.41) is 2.92. The Morgan fingerprint density at radius 3 is 2.59 bits per heavy atom. The van der Waals surface area contributed by atoms with Gasteiger partial charge in [-0.25, -0.2) is 4.98 Å². The maximum atomic E-state index is 12.3. The molecule has 5 heteroatoms. The average molecular weight is 360 g/mol. The topological polar surface area (TPSA) is 58.1 Å². The molecule has 2 heterocycles. The number of nitrogens with zero attached hydrogens (tertiary/aromatic N) is 3. The molecule has 0 radical (unpaired) electrons. The van der Waals surface area contributed by atoms with Gasteiger partial charge in [-0.1, -0.05) is 29.8 Å². The van der Waals surface area contributed by atoms with E-state index in [0.717, 1.165) is 24.2 Å². The van der Waals surface area contributed by atoms with E-state index < -0.39 is 0 Å². The number of carbonyl (C=O) groups excluding carboxylic acids is 1. The second-order valence-corrected chi connectivity index (χ2v) is 6.60. The minimum atomic E-state index is -0.164. The molecule has 5 nitrogen and oxygen atoms in total. The van der Waals surface area contributed by atoms with Crippen LogP contribution in [0.4, 0.5) is 5.69 Å². The van der Waals surface area contributed by atoms with Crippen LogP contribution in [0.1, 0.15) is 27.2 Å². The number of aryl methyl sites for hydroxylation is 1. The van der Waals surface area contributed by atoms with Crippen molar-refractivity contribution in [3.63, 3.8) is 0 Å². The zero-order valence-corrected chi connectivity index (χ0v) is 15.7. The third-order valence-corrected chi connectivity index (χ3v) is 4.44. The maximum absolute atomic E-state index is 12.3. The zero-order chi connectivity index (χ0) is 19.1. The van der Waals surface area contributed by atoms with E-state index in [1.54, 1.807) is 24.7 Å². The van der Waals surface area contributed by atoms with Gasteiger partial charge in [0.25, 0.3) is 5.91 Å². The van der Waals surface area contributed by atoms with Crippen LogP contribution in [0.15, 0.2) is 67.1 Å². The van der Waals surface area contributed by atoms with Crippen molar-refractivity contribution in [1.29, 1.82) is 0 Å². The molecule has 0 saturated carbocycles. The van der Waals surface area contributed by atoms with Crippen molar-refractivity contribution >= 4 is 11.6 Å². The molecule has 1 N–H and O–H groups in total. The highest BCUT2D eigenvalue weighted by Crippen LogP contribution is 2.12. The molecule has 0 spiro atoms. The van der Waals surface area contributed by atoms with Crippen LogP contribution in [-0.4, -0.2) is 29.5 Å². The van der Waals surface area contributed by atoms with Gasteiger partial charge in [0.1, 0.15) is 5.69 Å². The number of pyridine rings is 2. The molecule has 0 atom stereocenters. The van der Waals surface area contributed by atoms with Gasteiger partial charge >= 0.3 is 0 Å². The number of likely N-dealkylation sites (N-methyl/N-ethyl adjacent to an activating group) is 1. The fourth-order valence-electron chi connectivity index (χ4n) is 2.82. The maximum Gasteiger partial charge on any atom is 0.270 e. The van der Waals surface area contributed by atoms with E-state index in [1.165, 1.54) is 11.1 Å². The first-order valence-corrected chi connectivity index (χ1v) is 9.01. The first kappa shape index (κ1) is 18.6. The lowest BCUT2D eigenvalue weighted by molar-refractivity contribution is 0.0946. The van der Waals surface area contributed by atoms with E-state index in [0.29, 0.717) is 12.2 Å². The van der Waals surface area contributed by atoms with Crippen LogP contribution in [0.3, 0.4) is 0 Å². The molecule has 0 bridgehead atoms. The monoisotopic (exact) mass is 360 g/mol. The van der Waals surface area contributed by atoms with Crippen molar-refractivity contribution < 1.29 is 4.79 Å². The Morgan fingerprint density at radius 1 is 1.07 bits per heavy atom. The van der Waals surface area contributed by atoms with Crippen LogP contribution in [0, 0.1) is 6.92 Å². The average Bonchev–Trinajstić information content (AvgIpc) is 2.71. The van der Waals surface area contributed by atoms with Gasteiger partial charge in [0, 0.05) is 32.5 Å². The normalized spacial score (nSPS) is 10.4. The number of hydrogen-bond donors (Lipinski definition) is 1. The van der Waals surface area contributed by atoms with Crippen LogP contribution in [0.5, 0.6) is 0 Å². The van der Waals surface area contributed by atoms with Gasteiger partial charge < -0.3 is 10.2 Å². The van der Waals surface area contributed by atoms with Crippen LogP contribution < -0.4 is 10.2 Å². The number of benzene rings is 1. The standard InChI is InChI=1S/C22H24N4O/c1-17-4-3-5-19(14-17)15-25-22(27)21-7-6-20(16-24-21)26(2)13-10-18-8-11-23-12-9-18/h3-9,11-12,14,16H,10,13,15H2,1-2H3,(H,25,27). The van der Waals surface area contributed by atoms with E-state index in [9.17, 15) is 4.79 Å². The van der Waals surface area contributed by atoms with Gasteiger partial charge in [0.05, 0.1) is 11.9 Å². The first-order chi connectivity index (χ1) is 13.1. The second kappa shape index (κ2) is 8.94. The van der Waals surface area contributed by atoms with Crippen molar-refractivity contribution in [2.75, 3.05) is 18.5 Å². The van der Waals surface area contributed by atoms with E-state index in [2.05, 4.69) is 26.3 Å². The highest BCUT2D eigenvalue weighted by atomic mass is 16.1. The van der Waals surface area contributed by atoms with Gasteiger partial charge in [-0.2, -0.15) is 0 Å². The Labute approximate surface area is 160 Å². The highest BCUT2D eigenvalue weighted by Gasteiger charge is 2.08. The van der Waals surface area contributed by atoms with Gasteiger partial charge in [0.15, 0.2) is 0 Å². The Morgan fingerprint density at radius 2 is 1.89 bits per heavy atom. The Bertz CT molecular complexity index is 878. The molecule has 0 fully saturated rings. The molecule has 0 aliphatic carbocycles. The molecule has 1 aromatic carbocycles. The smallest absolute Gasteiger partial charge is 0.270 e. The molecular formula is C22H24N4O. The van der Waals surface area contributed by atoms with Gasteiger partial charge in [0.2, 0.25) is 0 Å². The molecule has 1 amide bonds. The summed E-state index contributed by atoms with van der Waals surface area (Å²) in [6.07, 6.45) is 6.29. The highest BCUT2D eigenvalue weighted by molar-refractivity contribution is 5.92. The Hall–Kier alpha value is -3.21. The predicted octanol–water partition coefficient (Wildman–Crippen LogP) is 3.39. The molecular weight excluding hydrogens is 336 g/mol. The zero-order valence-electron chi connectivity index (χ0n) is 15.7. The fourth-order valence-corrected chi connectivity index (χ4v) is 2.82. The number of aromatic nitrogens is 2. The summed E-state index contributed by atoms with van der Waals surface area (Å²) in [6.45, 7) is 3.40. The molecule has 3 aromatic rings. The lowest BCUT2D eigenvalue weighted by atomic mass is 10.1. The number of amides is 1. The minimum Gasteiger partial charge on any atom is -0.373 e. The summed E-state index contributed by atoms with van der Waals surface area (Å²) in [5.41, 5.74) is 4.92. The molecule has 27 heavy (non-hydrogen) atoms. The van der Waals surface area contributed by atoms with Gasteiger partial charge in [-0.05, 0) is 48.7 Å². The Kier molecular flexibility index (Phi) is 6.15. The molecule has 3 rings (SSSR count). The number of rotatable bonds is 7. The van der Waals surface area contributed by atoms with Crippen molar-refractivity contribution in [3.8, 4) is 0 Å². The summed E-state index contributed by atoms with van der Waals surface area (Å²) < 4.78 is 0. The quantitative estimate of drug-likeness (QED) is 0.702. The van der Waals surface area contributed by atoms with Crippen LogP contribution in [0.25, 0.3) is 0 Å². The third-order valence-electron chi connectivity index (χ3n) is 4.44. The molecule has 0 aliphatic heterocycles. The van der Waals surface area contributed by atoms with Crippen molar-refractivity contribution in [1.82, 2.24) is 15.3 Å². The SMILES string of the molecule is Cc1cccc(CNC(=O)c2ccc(N(C)CCc3ccncc3)cn2)c1. The Balaban J connectivity index is 1.53. The van der Waals surface area contributed by atoms with Crippen molar-refractivity contribution in [3.05, 3.63) is 89.5 Å². The molecule has 0 unspecified atom stereocenters. The van der Waals surface area contributed by atoms with E-state index in [-0.39, 0.29) is 5.91 Å². The summed E-state index contributed by atoms with van der Waals surface area (Å²) in [7, 11) is 2.02. The number of anilines is 1. The lowest BCUT2D eigenvalue weighted by Crippen LogP contribution is -2.24.